The van der Waals surface area contributed by atoms with Gasteiger partial charge in [-0.05, 0) is 30.7 Å². The van der Waals surface area contributed by atoms with E-state index in [1.54, 1.807) is 0 Å². The SMILES string of the molecule is CCO/C(Cl)=C\S(F)(F)(F)(F)c1ccc([N+](=O)[O-])cc1. The van der Waals surface area contributed by atoms with E-state index in [4.69, 9.17) is 11.6 Å². The van der Waals surface area contributed by atoms with Gasteiger partial charge in [-0.25, -0.2) is 0 Å². The third-order valence-electron chi connectivity index (χ3n) is 2.15. The van der Waals surface area contributed by atoms with Crippen LogP contribution in [0.2, 0.25) is 0 Å². The van der Waals surface area contributed by atoms with Gasteiger partial charge in [-0.15, -0.1) is 15.5 Å². The van der Waals surface area contributed by atoms with Crippen molar-refractivity contribution in [2.45, 2.75) is 11.8 Å². The molecule has 0 aromatic heterocycles. The van der Waals surface area contributed by atoms with Crippen LogP contribution in [0.3, 0.4) is 0 Å². The van der Waals surface area contributed by atoms with E-state index >= 15 is 0 Å². The fraction of sp³-hybridized carbons (Fsp3) is 0.200. The molecule has 0 heterocycles. The van der Waals surface area contributed by atoms with Crippen LogP contribution in [0.15, 0.2) is 39.8 Å². The van der Waals surface area contributed by atoms with Gasteiger partial charge >= 0.3 is 0 Å². The molecule has 1 rings (SSSR count). The molecule has 1 aromatic rings. The van der Waals surface area contributed by atoms with Crippen LogP contribution in [0.4, 0.5) is 21.2 Å². The zero-order valence-corrected chi connectivity index (χ0v) is 11.6. The highest BCUT2D eigenvalue weighted by Gasteiger charge is 2.63. The average Bonchev–Trinajstić information content (AvgIpc) is 2.27. The summed E-state index contributed by atoms with van der Waals surface area (Å²) in [7, 11) is -8.80. The molecule has 0 N–H and O–H groups in total. The maximum absolute atomic E-state index is 13.8. The summed E-state index contributed by atoms with van der Waals surface area (Å²) in [5.74, 6) is 0. The highest BCUT2D eigenvalue weighted by molar-refractivity contribution is 8.52. The molecule has 0 saturated heterocycles. The van der Waals surface area contributed by atoms with Crippen LogP contribution < -0.4 is 0 Å². The van der Waals surface area contributed by atoms with Gasteiger partial charge in [-0.1, -0.05) is 0 Å². The standard InChI is InChI=1S/C10H10ClF4NO3S/c1-2-19-10(11)7-20(12,13,14,15)9-5-3-8(4-6-9)16(17)18/h3-7H,2H2,1H3/b10-7-. The number of nitro groups is 1. The zero-order valence-electron chi connectivity index (χ0n) is 10.1. The highest BCUT2D eigenvalue weighted by atomic mass is 35.5. The van der Waals surface area contributed by atoms with Crippen LogP contribution in [0.25, 0.3) is 0 Å². The first-order chi connectivity index (χ1) is 8.88. The summed E-state index contributed by atoms with van der Waals surface area (Å²) in [6.07, 6.45) is 0. The second-order valence-corrected chi connectivity index (χ2v) is 7.08. The number of benzene rings is 1. The van der Waals surface area contributed by atoms with Crippen molar-refractivity contribution in [2.75, 3.05) is 6.61 Å². The van der Waals surface area contributed by atoms with Crippen molar-refractivity contribution in [3.05, 3.63) is 45.0 Å². The van der Waals surface area contributed by atoms with E-state index < -0.39 is 36.0 Å². The van der Waals surface area contributed by atoms with E-state index in [1.807, 2.05) is 0 Å². The van der Waals surface area contributed by atoms with E-state index in [0.717, 1.165) is 0 Å². The first-order valence-electron chi connectivity index (χ1n) is 5.14. The predicted molar refractivity (Wildman–Crippen MR) is 68.9 cm³/mol. The van der Waals surface area contributed by atoms with Gasteiger partial charge in [-0.3, -0.25) is 10.1 Å². The van der Waals surface area contributed by atoms with Crippen LogP contribution in [0.1, 0.15) is 6.92 Å². The maximum Gasteiger partial charge on any atom is 0.269 e. The van der Waals surface area contributed by atoms with Gasteiger partial charge in [0, 0.05) is 12.1 Å². The molecule has 0 aliphatic carbocycles. The van der Waals surface area contributed by atoms with Gasteiger partial charge in [0.1, 0.15) is 0 Å². The van der Waals surface area contributed by atoms with E-state index in [-0.39, 0.29) is 6.61 Å². The Morgan fingerprint density at radius 3 is 2.25 bits per heavy atom. The molecule has 0 atom stereocenters. The second kappa shape index (κ2) is 4.52. The molecular weight excluding hydrogens is 326 g/mol. The molecule has 20 heavy (non-hydrogen) atoms. The van der Waals surface area contributed by atoms with Gasteiger partial charge in [0.2, 0.25) is 9.84 Å². The Balaban J connectivity index is 3.37. The largest absolute Gasteiger partial charge is 0.483 e. The minimum Gasteiger partial charge on any atom is -0.483 e. The molecule has 4 nitrogen and oxygen atoms in total. The normalized spacial score (nSPS) is 16.2. The Bertz CT molecular complexity index is 569. The molecule has 10 heteroatoms. The molecule has 0 unspecified atom stereocenters. The minimum absolute atomic E-state index is 0.163. The quantitative estimate of drug-likeness (QED) is 0.311. The third kappa shape index (κ3) is 3.76. The number of nitro benzene ring substituents is 1. The fourth-order valence-corrected chi connectivity index (χ4v) is 3.21. The molecule has 114 valence electrons. The number of rotatable bonds is 5. The topological polar surface area (TPSA) is 52.4 Å². The number of non-ortho nitro benzene ring substituents is 1. The molecule has 1 aromatic carbocycles. The molecule has 0 aliphatic rings. The lowest BCUT2D eigenvalue weighted by Gasteiger charge is -2.46. The molecule has 0 spiro atoms. The highest BCUT2D eigenvalue weighted by Crippen LogP contribution is 3.02. The summed E-state index contributed by atoms with van der Waals surface area (Å²) < 4.78 is 59.6. The van der Waals surface area contributed by atoms with Crippen LogP contribution >= 0.6 is 21.4 Å². The Kier molecular flexibility index (Phi) is 3.75. The Morgan fingerprint density at radius 2 is 1.85 bits per heavy atom. The van der Waals surface area contributed by atoms with Crippen LogP contribution in [-0.4, -0.2) is 11.5 Å². The van der Waals surface area contributed by atoms with Crippen LogP contribution in [-0.2, 0) is 4.74 Å². The van der Waals surface area contributed by atoms with Crippen molar-refractivity contribution in [1.29, 1.82) is 0 Å². The fourth-order valence-electron chi connectivity index (χ4n) is 1.28. The van der Waals surface area contributed by atoms with Crippen molar-refractivity contribution in [2.24, 2.45) is 0 Å². The lowest BCUT2D eigenvalue weighted by Crippen LogP contribution is -2.11. The second-order valence-electron chi connectivity index (χ2n) is 3.74. The summed E-state index contributed by atoms with van der Waals surface area (Å²) >= 11 is 5.18. The minimum atomic E-state index is -8.80. The Morgan fingerprint density at radius 1 is 1.35 bits per heavy atom. The van der Waals surface area contributed by atoms with Crippen molar-refractivity contribution in [1.82, 2.24) is 0 Å². The lowest BCUT2D eigenvalue weighted by atomic mass is 10.3. The van der Waals surface area contributed by atoms with Gasteiger partial charge in [0.15, 0.2) is 5.22 Å². The van der Waals surface area contributed by atoms with Crippen molar-refractivity contribution < 1.29 is 25.2 Å². The van der Waals surface area contributed by atoms with Gasteiger partial charge in [0.05, 0.1) is 21.8 Å². The number of halogens is 5. The Hall–Kier alpha value is -1.48. The first kappa shape index (κ1) is 16.6. The molecular formula is C10H10ClF4NO3S. The summed E-state index contributed by atoms with van der Waals surface area (Å²) in [5, 5.41) is 8.52. The summed E-state index contributed by atoms with van der Waals surface area (Å²) in [5.41, 5.74) is -0.581. The van der Waals surface area contributed by atoms with Crippen molar-refractivity contribution in [3.63, 3.8) is 0 Å². The predicted octanol–water partition coefficient (Wildman–Crippen LogP) is 5.44. The molecule has 0 bridgehead atoms. The van der Waals surface area contributed by atoms with Crippen LogP contribution in [0, 0.1) is 10.1 Å². The molecule has 0 fully saturated rings. The zero-order chi connectivity index (χ0) is 15.7. The monoisotopic (exact) mass is 335 g/mol. The molecule has 0 saturated carbocycles. The van der Waals surface area contributed by atoms with Crippen molar-refractivity contribution >= 4 is 27.1 Å². The van der Waals surface area contributed by atoms with Gasteiger partial charge in [-0.2, -0.15) is 0 Å². The van der Waals surface area contributed by atoms with Gasteiger partial charge < -0.3 is 4.74 Å². The maximum atomic E-state index is 13.8. The summed E-state index contributed by atoms with van der Waals surface area (Å²) in [6, 6.07) is 1.73. The van der Waals surface area contributed by atoms with Crippen LogP contribution in [0.5, 0.6) is 0 Å². The molecule has 0 amide bonds. The number of nitrogens with zero attached hydrogens (tertiary/aromatic N) is 1. The van der Waals surface area contributed by atoms with E-state index in [1.165, 1.54) is 6.92 Å². The van der Waals surface area contributed by atoms with Crippen molar-refractivity contribution in [3.8, 4) is 0 Å². The van der Waals surface area contributed by atoms with E-state index in [2.05, 4.69) is 4.74 Å². The third-order valence-corrected chi connectivity index (χ3v) is 4.44. The summed E-state index contributed by atoms with van der Waals surface area (Å²) in [6.45, 7) is 1.22. The average molecular weight is 336 g/mol. The lowest BCUT2D eigenvalue weighted by molar-refractivity contribution is -0.384. The summed E-state index contributed by atoms with van der Waals surface area (Å²) in [4.78, 5) is 7.84. The Labute approximate surface area is 116 Å². The van der Waals surface area contributed by atoms with E-state index in [0.29, 0.717) is 24.3 Å². The van der Waals surface area contributed by atoms with Gasteiger partial charge in [0.25, 0.3) is 5.69 Å². The number of hydrogen-bond donors (Lipinski definition) is 0. The first-order valence-corrected chi connectivity index (χ1v) is 7.64. The molecule has 0 radical (unpaired) electrons. The number of ether oxygens (including phenoxy) is 1. The smallest absolute Gasteiger partial charge is 0.269 e. The van der Waals surface area contributed by atoms with E-state index in [9.17, 15) is 25.7 Å². The molecule has 0 aliphatic heterocycles. The number of hydrogen-bond acceptors (Lipinski definition) is 3.